The molecule has 0 unspecified atom stereocenters. The summed E-state index contributed by atoms with van der Waals surface area (Å²) >= 11 is 5.80. The van der Waals surface area contributed by atoms with E-state index in [1.54, 1.807) is 18.3 Å². The van der Waals surface area contributed by atoms with Gasteiger partial charge >= 0.3 is 0 Å². The second-order valence-electron chi connectivity index (χ2n) is 3.27. The number of hydrogen-bond donors (Lipinski definition) is 0. The Morgan fingerprint density at radius 2 is 2.25 bits per heavy atom. The first-order valence-electron chi connectivity index (χ1n) is 4.67. The van der Waals surface area contributed by atoms with Crippen LogP contribution in [0.4, 0.5) is 0 Å². The lowest BCUT2D eigenvalue weighted by atomic mass is 10.4. The van der Waals surface area contributed by atoms with Gasteiger partial charge < -0.3 is 0 Å². The predicted molar refractivity (Wildman–Crippen MR) is 59.4 cm³/mol. The van der Waals surface area contributed by atoms with E-state index in [1.807, 2.05) is 6.92 Å². The van der Waals surface area contributed by atoms with Gasteiger partial charge in [-0.3, -0.25) is 4.79 Å². The normalized spacial score (nSPS) is 10.4. The van der Waals surface area contributed by atoms with Gasteiger partial charge in [-0.05, 0) is 19.1 Å². The summed E-state index contributed by atoms with van der Waals surface area (Å²) < 4.78 is 1.28. The fourth-order valence-corrected chi connectivity index (χ4v) is 1.55. The van der Waals surface area contributed by atoms with Crippen LogP contribution in [0.25, 0.3) is 0 Å². The molecule has 0 atom stereocenters. The largest absolute Gasteiger partial charge is 0.268 e. The highest BCUT2D eigenvalue weighted by Crippen LogP contribution is 2.06. The summed E-state index contributed by atoms with van der Waals surface area (Å²) in [5.74, 6) is 0.478. The third-order valence-electron chi connectivity index (χ3n) is 1.95. The van der Waals surface area contributed by atoms with Crippen molar-refractivity contribution in [1.82, 2.24) is 19.7 Å². The third-order valence-corrected chi connectivity index (χ3v) is 2.14. The highest BCUT2D eigenvalue weighted by atomic mass is 35.5. The van der Waals surface area contributed by atoms with Gasteiger partial charge in [0.25, 0.3) is 5.56 Å². The Labute approximate surface area is 96.7 Å². The highest BCUT2D eigenvalue weighted by Gasteiger charge is 2.03. The average Bonchev–Trinajstić information content (AvgIpc) is 2.20. The van der Waals surface area contributed by atoms with Gasteiger partial charge in [0.2, 0.25) is 0 Å². The van der Waals surface area contributed by atoms with E-state index in [0.717, 1.165) is 5.69 Å². The maximum absolute atomic E-state index is 11.4. The molecule has 0 fully saturated rings. The molecule has 0 aliphatic rings. The van der Waals surface area contributed by atoms with Crippen molar-refractivity contribution in [1.29, 1.82) is 0 Å². The minimum absolute atomic E-state index is 0.191. The zero-order valence-electron chi connectivity index (χ0n) is 8.59. The monoisotopic (exact) mass is 236 g/mol. The molecule has 2 aromatic heterocycles. The topological polar surface area (TPSA) is 60.7 Å². The lowest BCUT2D eigenvalue weighted by Crippen LogP contribution is -2.22. The van der Waals surface area contributed by atoms with Crippen LogP contribution >= 0.6 is 11.6 Å². The maximum atomic E-state index is 11.4. The Kier molecular flexibility index (Phi) is 2.96. The van der Waals surface area contributed by atoms with Gasteiger partial charge in [0, 0.05) is 18.0 Å². The van der Waals surface area contributed by atoms with Crippen molar-refractivity contribution in [3.63, 3.8) is 0 Å². The molecule has 0 aliphatic heterocycles. The average molecular weight is 237 g/mol. The van der Waals surface area contributed by atoms with E-state index in [2.05, 4.69) is 15.1 Å². The van der Waals surface area contributed by atoms with Crippen molar-refractivity contribution in [2.45, 2.75) is 13.5 Å². The summed E-state index contributed by atoms with van der Waals surface area (Å²) in [7, 11) is 0. The van der Waals surface area contributed by atoms with Crippen LogP contribution in [0.2, 0.25) is 5.15 Å². The molecule has 0 saturated carbocycles. The standard InChI is InChI=1S/C10H9ClN4O/c1-7-5-8(11)14-9(13-7)6-15-10(16)3-2-4-12-15/h2-5H,6H2,1H3. The van der Waals surface area contributed by atoms with Crippen molar-refractivity contribution in [2.75, 3.05) is 0 Å². The van der Waals surface area contributed by atoms with Crippen LogP contribution in [0.3, 0.4) is 0 Å². The Balaban J connectivity index is 2.34. The first kappa shape index (κ1) is 10.8. The van der Waals surface area contributed by atoms with Gasteiger partial charge in [0.05, 0.1) is 0 Å². The molecule has 0 bridgehead atoms. The molecular formula is C10H9ClN4O. The Morgan fingerprint density at radius 3 is 2.94 bits per heavy atom. The van der Waals surface area contributed by atoms with Crippen LogP contribution in [0, 0.1) is 6.92 Å². The highest BCUT2D eigenvalue weighted by molar-refractivity contribution is 6.29. The molecule has 5 nitrogen and oxygen atoms in total. The van der Waals surface area contributed by atoms with Crippen LogP contribution in [0.1, 0.15) is 11.5 Å². The van der Waals surface area contributed by atoms with Gasteiger partial charge in [-0.1, -0.05) is 11.6 Å². The summed E-state index contributed by atoms with van der Waals surface area (Å²) in [4.78, 5) is 19.6. The molecule has 0 amide bonds. The number of rotatable bonds is 2. The van der Waals surface area contributed by atoms with Gasteiger partial charge in [0.15, 0.2) is 5.82 Å². The molecule has 2 aromatic rings. The molecule has 6 heteroatoms. The van der Waals surface area contributed by atoms with E-state index in [9.17, 15) is 4.79 Å². The number of hydrogen-bond acceptors (Lipinski definition) is 4. The SMILES string of the molecule is Cc1cc(Cl)nc(Cn2ncccc2=O)n1. The summed E-state index contributed by atoms with van der Waals surface area (Å²) in [6, 6.07) is 4.68. The van der Waals surface area contributed by atoms with Crippen LogP contribution < -0.4 is 5.56 Å². The molecule has 0 aromatic carbocycles. The third kappa shape index (κ3) is 2.43. The predicted octanol–water partition coefficient (Wildman–Crippen LogP) is 1.04. The smallest absolute Gasteiger partial charge is 0.267 e. The van der Waals surface area contributed by atoms with E-state index in [4.69, 9.17) is 11.6 Å². The van der Waals surface area contributed by atoms with Crippen LogP contribution in [0.5, 0.6) is 0 Å². The van der Waals surface area contributed by atoms with E-state index < -0.39 is 0 Å². The van der Waals surface area contributed by atoms with Gasteiger partial charge in [0.1, 0.15) is 11.7 Å². The summed E-state index contributed by atoms with van der Waals surface area (Å²) in [6.45, 7) is 2.04. The van der Waals surface area contributed by atoms with Crippen LogP contribution in [0.15, 0.2) is 29.2 Å². The zero-order chi connectivity index (χ0) is 11.5. The molecule has 2 rings (SSSR count). The molecular weight excluding hydrogens is 228 g/mol. The molecule has 0 aliphatic carbocycles. The lowest BCUT2D eigenvalue weighted by molar-refractivity contribution is 0.612. The van der Waals surface area contributed by atoms with Gasteiger partial charge in [-0.25, -0.2) is 14.6 Å². The number of halogens is 1. The maximum Gasteiger partial charge on any atom is 0.267 e. The van der Waals surface area contributed by atoms with Crippen LogP contribution in [-0.4, -0.2) is 19.7 Å². The zero-order valence-corrected chi connectivity index (χ0v) is 9.35. The van der Waals surface area contributed by atoms with Gasteiger partial charge in [-0.2, -0.15) is 5.10 Å². The number of aromatic nitrogens is 4. The van der Waals surface area contributed by atoms with E-state index >= 15 is 0 Å². The summed E-state index contributed by atoms with van der Waals surface area (Å²) in [5, 5.41) is 4.28. The second-order valence-corrected chi connectivity index (χ2v) is 3.66. The molecule has 0 N–H and O–H groups in total. The summed E-state index contributed by atoms with van der Waals surface area (Å²) in [5.41, 5.74) is 0.572. The van der Waals surface area contributed by atoms with E-state index in [0.29, 0.717) is 11.0 Å². The van der Waals surface area contributed by atoms with Crippen LogP contribution in [-0.2, 0) is 6.54 Å². The molecule has 82 valence electrons. The van der Waals surface area contributed by atoms with E-state index in [1.165, 1.54) is 10.7 Å². The molecule has 2 heterocycles. The number of nitrogens with zero attached hydrogens (tertiary/aromatic N) is 4. The Bertz CT molecular complexity index is 546. The Hall–Kier alpha value is -1.75. The van der Waals surface area contributed by atoms with Crippen molar-refractivity contribution < 1.29 is 0 Å². The second kappa shape index (κ2) is 4.40. The molecule has 16 heavy (non-hydrogen) atoms. The fourth-order valence-electron chi connectivity index (χ4n) is 1.30. The van der Waals surface area contributed by atoms with Gasteiger partial charge in [-0.15, -0.1) is 0 Å². The van der Waals surface area contributed by atoms with E-state index in [-0.39, 0.29) is 12.1 Å². The summed E-state index contributed by atoms with van der Waals surface area (Å²) in [6.07, 6.45) is 1.54. The minimum atomic E-state index is -0.191. The number of aryl methyl sites for hydroxylation is 1. The fraction of sp³-hybridized carbons (Fsp3) is 0.200. The Morgan fingerprint density at radius 1 is 1.44 bits per heavy atom. The minimum Gasteiger partial charge on any atom is -0.268 e. The van der Waals surface area contributed by atoms with Crippen molar-refractivity contribution in [3.05, 3.63) is 51.4 Å². The van der Waals surface area contributed by atoms with Crippen molar-refractivity contribution >= 4 is 11.6 Å². The molecule has 0 saturated heterocycles. The van der Waals surface area contributed by atoms with Crippen molar-refractivity contribution in [3.8, 4) is 0 Å². The molecule has 0 spiro atoms. The van der Waals surface area contributed by atoms with Crippen molar-refractivity contribution in [2.24, 2.45) is 0 Å². The lowest BCUT2D eigenvalue weighted by Gasteiger charge is -2.03. The first-order chi connectivity index (χ1) is 7.65. The molecule has 0 radical (unpaired) electrons. The quantitative estimate of drug-likeness (QED) is 0.731. The first-order valence-corrected chi connectivity index (χ1v) is 5.05.